The Kier molecular flexibility index (Phi) is 2.93. The first-order valence-electron chi connectivity index (χ1n) is 2.62. The fraction of sp³-hybridized carbons (Fsp3) is 0. The molecule has 0 radical (unpaired) electrons. The fourth-order valence-corrected chi connectivity index (χ4v) is 1.30. The summed E-state index contributed by atoms with van der Waals surface area (Å²) < 4.78 is 11.5. The highest BCUT2D eigenvalue weighted by atomic mass is 32.9. The summed E-state index contributed by atoms with van der Waals surface area (Å²) in [5.74, 6) is -3.06. The summed E-state index contributed by atoms with van der Waals surface area (Å²) in [6.07, 6.45) is 0. The second-order valence-electron chi connectivity index (χ2n) is 1.47. The van der Waals surface area contributed by atoms with Crippen molar-refractivity contribution in [3.63, 3.8) is 0 Å². The normalized spacial score (nSPS) is 9.23. The summed E-state index contributed by atoms with van der Waals surface area (Å²) >= 11 is 0. The molecule has 0 aliphatic rings. The van der Waals surface area contributed by atoms with Crippen molar-refractivity contribution in [2.45, 2.75) is 0 Å². The van der Waals surface area contributed by atoms with E-state index in [0.29, 0.717) is 20.7 Å². The maximum Gasteiger partial charge on any atom is 0.527 e. The Morgan fingerprint density at radius 3 is 1.46 bits per heavy atom. The smallest absolute Gasteiger partial charge is 0.348 e. The summed E-state index contributed by atoms with van der Waals surface area (Å²) in [5.41, 5.74) is 0. The van der Waals surface area contributed by atoms with Crippen LogP contribution in [0.2, 0.25) is 0 Å². The molecule has 13 heavy (non-hydrogen) atoms. The lowest BCUT2D eigenvalue weighted by molar-refractivity contribution is 0.241. The van der Waals surface area contributed by atoms with Crippen molar-refractivity contribution in [1.82, 2.24) is 0 Å². The van der Waals surface area contributed by atoms with Crippen molar-refractivity contribution < 1.29 is 13.3 Å². The summed E-state index contributed by atoms with van der Waals surface area (Å²) in [4.78, 5) is 39.8. The van der Waals surface area contributed by atoms with Crippen molar-refractivity contribution >= 4 is 20.7 Å². The van der Waals surface area contributed by atoms with Crippen LogP contribution < -0.4 is 21.5 Å². The molecule has 0 aliphatic carbocycles. The highest BCUT2D eigenvalue weighted by Gasteiger charge is 1.91. The summed E-state index contributed by atoms with van der Waals surface area (Å²) in [6, 6.07) is 0. The van der Waals surface area contributed by atoms with E-state index in [9.17, 15) is 19.2 Å². The predicted molar refractivity (Wildman–Crippen MR) is 41.7 cm³/mol. The van der Waals surface area contributed by atoms with Gasteiger partial charge in [-0.2, -0.15) is 0 Å². The molecule has 0 saturated carbocycles. The third-order valence-corrected chi connectivity index (χ3v) is 2.27. The van der Waals surface area contributed by atoms with Gasteiger partial charge < -0.3 is 13.3 Å². The van der Waals surface area contributed by atoms with Gasteiger partial charge in [-0.05, 0) is 0 Å². The Morgan fingerprint density at radius 2 is 1.08 bits per heavy atom. The zero-order chi connectivity index (χ0) is 9.84. The lowest BCUT2D eigenvalue weighted by Gasteiger charge is -1.64. The molecule has 7 nitrogen and oxygen atoms in total. The third-order valence-electron chi connectivity index (χ3n) is 0.678. The van der Waals surface area contributed by atoms with Gasteiger partial charge in [0.15, 0.2) is 0 Å². The monoisotopic (exact) mass is 224 g/mol. The summed E-state index contributed by atoms with van der Waals surface area (Å²) in [5, 5.41) is 0. The van der Waals surface area contributed by atoms with Gasteiger partial charge in [-0.15, -0.1) is 0 Å². The average Bonchev–Trinajstić information content (AvgIpc) is 2.02. The molecule has 0 spiro atoms. The topological polar surface area (TPSA) is 108 Å². The van der Waals surface area contributed by atoms with E-state index >= 15 is 0 Å². The van der Waals surface area contributed by atoms with Gasteiger partial charge in [-0.3, -0.25) is 0 Å². The quantitative estimate of drug-likeness (QED) is 0.528. The second-order valence-corrected chi connectivity index (χ2v) is 3.47. The van der Waals surface area contributed by atoms with Crippen LogP contribution in [0, 0.1) is 0 Å². The van der Waals surface area contributed by atoms with E-state index in [0.717, 1.165) is 0 Å². The van der Waals surface area contributed by atoms with Crippen LogP contribution in [0.25, 0.3) is 0 Å². The molecule has 1 heterocycles. The molecule has 70 valence electrons. The van der Waals surface area contributed by atoms with E-state index in [4.69, 9.17) is 0 Å². The van der Waals surface area contributed by atoms with Crippen LogP contribution in [0.1, 0.15) is 0 Å². The zero-order valence-corrected chi connectivity index (χ0v) is 7.31. The first kappa shape index (κ1) is 9.61. The van der Waals surface area contributed by atoms with E-state index in [1.807, 2.05) is 0 Å². The number of hydrogen-bond acceptors (Lipinski definition) is 9. The SMILES string of the molecule is O=c1oc(=O)oc(=O)ssc(=O)o1. The maximum atomic E-state index is 10.6. The molecule has 1 rings (SSSR count). The molecule has 0 aromatic carbocycles. The zero-order valence-electron chi connectivity index (χ0n) is 5.67. The van der Waals surface area contributed by atoms with Crippen LogP contribution in [0.15, 0.2) is 32.4 Å². The van der Waals surface area contributed by atoms with Crippen molar-refractivity contribution in [1.29, 1.82) is 0 Å². The van der Waals surface area contributed by atoms with Crippen LogP contribution in [0.3, 0.4) is 0 Å². The molecule has 0 saturated heterocycles. The molecular formula is C4O7S2. The van der Waals surface area contributed by atoms with Crippen molar-refractivity contribution in [3.05, 3.63) is 40.7 Å². The summed E-state index contributed by atoms with van der Waals surface area (Å²) in [7, 11) is 0.615. The largest absolute Gasteiger partial charge is 0.527 e. The van der Waals surface area contributed by atoms with Gasteiger partial charge in [-0.25, -0.2) is 19.2 Å². The lowest BCUT2D eigenvalue weighted by atomic mass is 11.4. The van der Waals surface area contributed by atoms with Crippen molar-refractivity contribution in [2.75, 3.05) is 0 Å². The Balaban J connectivity index is 3.86. The molecule has 0 aliphatic heterocycles. The van der Waals surface area contributed by atoms with Crippen molar-refractivity contribution in [2.24, 2.45) is 0 Å². The minimum absolute atomic E-state index is 0.307. The molecule has 0 bridgehead atoms. The standard InChI is InChI=1S/C4O7S2/c5-1-9-2(6)11-4(8)13-12-3(7)10-1. The van der Waals surface area contributed by atoms with Crippen LogP contribution in [-0.4, -0.2) is 0 Å². The Morgan fingerprint density at radius 1 is 0.692 bits per heavy atom. The van der Waals surface area contributed by atoms with Gasteiger partial charge in [0.2, 0.25) is 0 Å². The Hall–Kier alpha value is -1.48. The molecule has 0 atom stereocenters. The minimum Gasteiger partial charge on any atom is -0.348 e. The van der Waals surface area contributed by atoms with Crippen LogP contribution >= 0.6 is 20.7 Å². The highest BCUT2D eigenvalue weighted by molar-refractivity contribution is 7.66. The van der Waals surface area contributed by atoms with Crippen LogP contribution in [0.4, 0.5) is 0 Å². The fourth-order valence-electron chi connectivity index (χ4n) is 0.348. The maximum absolute atomic E-state index is 10.6. The van der Waals surface area contributed by atoms with E-state index in [2.05, 4.69) is 13.3 Å². The van der Waals surface area contributed by atoms with Gasteiger partial charge in [0.1, 0.15) is 0 Å². The van der Waals surface area contributed by atoms with Gasteiger partial charge in [0.25, 0.3) is 0 Å². The molecule has 9 heteroatoms. The van der Waals surface area contributed by atoms with Gasteiger partial charge in [0.05, 0.1) is 0 Å². The number of rotatable bonds is 0. The van der Waals surface area contributed by atoms with Gasteiger partial charge in [-0.1, -0.05) is 0 Å². The van der Waals surface area contributed by atoms with E-state index < -0.39 is 21.5 Å². The molecule has 0 N–H and O–H groups in total. The van der Waals surface area contributed by atoms with Crippen LogP contribution in [0.5, 0.6) is 0 Å². The van der Waals surface area contributed by atoms with E-state index in [1.165, 1.54) is 0 Å². The summed E-state index contributed by atoms with van der Waals surface area (Å²) in [6.45, 7) is 0. The number of hydrogen-bond donors (Lipinski definition) is 0. The van der Waals surface area contributed by atoms with Crippen molar-refractivity contribution in [3.8, 4) is 0 Å². The third kappa shape index (κ3) is 3.17. The second kappa shape index (κ2) is 3.96. The molecule has 0 unspecified atom stereocenters. The molecular weight excluding hydrogens is 224 g/mol. The Bertz CT molecular complexity index is 500. The minimum atomic E-state index is -1.53. The lowest BCUT2D eigenvalue weighted by Crippen LogP contribution is -2.09. The van der Waals surface area contributed by atoms with Crippen LogP contribution in [-0.2, 0) is 0 Å². The average molecular weight is 224 g/mol. The molecule has 1 aromatic heterocycles. The predicted octanol–water partition coefficient (Wildman–Crippen LogP) is -0.846. The first-order chi connectivity index (χ1) is 6.08. The first-order valence-corrected chi connectivity index (χ1v) is 4.77. The molecule has 1 aromatic rings. The van der Waals surface area contributed by atoms with E-state index in [1.54, 1.807) is 0 Å². The van der Waals surface area contributed by atoms with Gasteiger partial charge >= 0.3 is 21.5 Å². The molecule has 0 amide bonds. The van der Waals surface area contributed by atoms with Gasteiger partial charge in [0, 0.05) is 20.7 Å². The van der Waals surface area contributed by atoms with E-state index in [-0.39, 0.29) is 0 Å². The highest BCUT2D eigenvalue weighted by Crippen LogP contribution is 1.82. The molecule has 0 fully saturated rings. The Labute approximate surface area is 75.2 Å².